The Kier molecular flexibility index (Phi) is 3.94. The maximum absolute atomic E-state index is 10.6. The molecule has 2 N–H and O–H groups in total. The van der Waals surface area contributed by atoms with Crippen molar-refractivity contribution in [3.8, 4) is 0 Å². The largest absolute Gasteiger partial charge is 0.391 e. The number of H-pyrrole nitrogens is 1. The van der Waals surface area contributed by atoms with Crippen LogP contribution in [0.15, 0.2) is 12.4 Å². The van der Waals surface area contributed by atoms with E-state index in [1.165, 1.54) is 35.1 Å². The van der Waals surface area contributed by atoms with Crippen LogP contribution in [0, 0.1) is 12.8 Å². The lowest BCUT2D eigenvalue weighted by molar-refractivity contribution is 0.148. The smallest absolute Gasteiger partial charge is 0.141 e. The summed E-state index contributed by atoms with van der Waals surface area (Å²) in [6, 6.07) is 2.06. The molecule has 0 spiro atoms. The lowest BCUT2D eigenvalue weighted by Crippen LogP contribution is -2.22. The van der Waals surface area contributed by atoms with Gasteiger partial charge in [0.15, 0.2) is 0 Å². The van der Waals surface area contributed by atoms with Crippen LogP contribution in [0.3, 0.4) is 0 Å². The number of nitrogens with zero attached hydrogens (tertiary/aromatic N) is 4. The quantitative estimate of drug-likeness (QED) is 0.742. The second-order valence-corrected chi connectivity index (χ2v) is 8.65. The summed E-state index contributed by atoms with van der Waals surface area (Å²) in [5, 5.41) is 19.2. The van der Waals surface area contributed by atoms with Gasteiger partial charge in [0.1, 0.15) is 17.0 Å². The van der Waals surface area contributed by atoms with Gasteiger partial charge < -0.3 is 10.0 Å². The standard InChI is InChI=1S/C19H23N5OS/c1-11-6-13(23-22-11)7-12-8-24(9-15(12)25)18-17-14-4-2-3-5-16(14)26-19(17)21-10-20-18/h6,10,12,15,25H,2-5,7-9H2,1H3,(H,22,23)/t12-,15+/m1/s1. The van der Waals surface area contributed by atoms with Crippen LogP contribution in [0.4, 0.5) is 5.82 Å². The van der Waals surface area contributed by atoms with E-state index in [9.17, 15) is 5.11 Å². The zero-order valence-corrected chi connectivity index (χ0v) is 15.7. The number of aliphatic hydroxyl groups excluding tert-OH is 1. The zero-order chi connectivity index (χ0) is 17.7. The monoisotopic (exact) mass is 369 g/mol. The van der Waals surface area contributed by atoms with Gasteiger partial charge in [0.25, 0.3) is 0 Å². The van der Waals surface area contributed by atoms with Crippen LogP contribution in [0.5, 0.6) is 0 Å². The second-order valence-electron chi connectivity index (χ2n) is 7.57. The Morgan fingerprint density at radius 1 is 1.27 bits per heavy atom. The van der Waals surface area contributed by atoms with Crippen LogP contribution in [-0.4, -0.2) is 44.5 Å². The zero-order valence-electron chi connectivity index (χ0n) is 14.9. The first-order chi connectivity index (χ1) is 12.7. The maximum atomic E-state index is 10.6. The summed E-state index contributed by atoms with van der Waals surface area (Å²) in [4.78, 5) is 14.0. The van der Waals surface area contributed by atoms with Crippen molar-refractivity contribution in [3.63, 3.8) is 0 Å². The lowest BCUT2D eigenvalue weighted by atomic mass is 9.97. The van der Waals surface area contributed by atoms with Crippen LogP contribution >= 0.6 is 11.3 Å². The average molecular weight is 369 g/mol. The number of anilines is 1. The molecule has 0 unspecified atom stereocenters. The fourth-order valence-corrected chi connectivity index (χ4v) is 5.61. The molecule has 1 aliphatic heterocycles. The number of thiophene rings is 1. The summed E-state index contributed by atoms with van der Waals surface area (Å²) in [5.74, 6) is 1.19. The molecule has 6 nitrogen and oxygen atoms in total. The summed E-state index contributed by atoms with van der Waals surface area (Å²) < 4.78 is 0. The minimum atomic E-state index is -0.355. The normalized spacial score (nSPS) is 22.9. The maximum Gasteiger partial charge on any atom is 0.141 e. The van der Waals surface area contributed by atoms with Gasteiger partial charge in [0.05, 0.1) is 17.2 Å². The Morgan fingerprint density at radius 2 is 2.15 bits per heavy atom. The molecule has 26 heavy (non-hydrogen) atoms. The molecule has 2 aliphatic rings. The number of aromatic amines is 1. The first-order valence-corrected chi connectivity index (χ1v) is 10.2. The van der Waals surface area contributed by atoms with Crippen molar-refractivity contribution in [2.75, 3.05) is 18.0 Å². The van der Waals surface area contributed by atoms with E-state index in [0.717, 1.165) is 41.4 Å². The minimum Gasteiger partial charge on any atom is -0.391 e. The van der Waals surface area contributed by atoms with Crippen LogP contribution in [-0.2, 0) is 19.3 Å². The number of nitrogens with one attached hydrogen (secondary N) is 1. The van der Waals surface area contributed by atoms with E-state index in [4.69, 9.17) is 0 Å². The van der Waals surface area contributed by atoms with Crippen molar-refractivity contribution in [2.24, 2.45) is 5.92 Å². The number of aliphatic hydroxyl groups is 1. The summed E-state index contributed by atoms with van der Waals surface area (Å²) in [6.07, 6.45) is 6.93. The Labute approximate surface area is 156 Å². The molecular formula is C19H23N5OS. The third-order valence-electron chi connectivity index (χ3n) is 5.67. The van der Waals surface area contributed by atoms with Crippen molar-refractivity contribution in [1.29, 1.82) is 0 Å². The van der Waals surface area contributed by atoms with E-state index in [2.05, 4.69) is 31.1 Å². The summed E-state index contributed by atoms with van der Waals surface area (Å²) in [5.41, 5.74) is 3.54. The second kappa shape index (κ2) is 6.32. The molecule has 2 atom stereocenters. The number of β-amino-alcohol motifs (C(OH)–C–C–N with tert-alkyl or cyclic N) is 1. The topological polar surface area (TPSA) is 77.9 Å². The fraction of sp³-hybridized carbons (Fsp3) is 0.526. The first-order valence-electron chi connectivity index (χ1n) is 9.38. The van der Waals surface area contributed by atoms with E-state index >= 15 is 0 Å². The summed E-state index contributed by atoms with van der Waals surface area (Å²) in [6.45, 7) is 3.44. The van der Waals surface area contributed by atoms with Gasteiger partial charge in [-0.3, -0.25) is 5.10 Å². The lowest BCUT2D eigenvalue weighted by Gasteiger charge is -2.19. The number of aromatic nitrogens is 4. The Morgan fingerprint density at radius 3 is 3.00 bits per heavy atom. The Bertz CT molecular complexity index is 949. The molecule has 1 saturated heterocycles. The van der Waals surface area contributed by atoms with Crippen molar-refractivity contribution >= 4 is 27.4 Å². The molecule has 3 aromatic rings. The minimum absolute atomic E-state index is 0.178. The predicted molar refractivity (Wildman–Crippen MR) is 103 cm³/mol. The molecule has 1 fully saturated rings. The molecule has 0 bridgehead atoms. The van der Waals surface area contributed by atoms with E-state index in [0.29, 0.717) is 6.54 Å². The molecule has 1 aliphatic carbocycles. The van der Waals surface area contributed by atoms with Gasteiger partial charge in [-0.05, 0) is 50.7 Å². The molecular weight excluding hydrogens is 346 g/mol. The van der Waals surface area contributed by atoms with Crippen LogP contribution in [0.2, 0.25) is 0 Å². The van der Waals surface area contributed by atoms with Crippen LogP contribution < -0.4 is 4.90 Å². The Hall–Kier alpha value is -1.99. The number of aryl methyl sites for hydroxylation is 3. The molecule has 7 heteroatoms. The average Bonchev–Trinajstić information content (AvgIpc) is 3.32. The molecule has 5 rings (SSSR count). The van der Waals surface area contributed by atoms with Gasteiger partial charge in [0, 0.05) is 29.6 Å². The summed E-state index contributed by atoms with van der Waals surface area (Å²) >= 11 is 1.83. The number of rotatable bonds is 3. The van der Waals surface area contributed by atoms with Gasteiger partial charge in [-0.25, -0.2) is 9.97 Å². The van der Waals surface area contributed by atoms with Gasteiger partial charge in [-0.2, -0.15) is 5.10 Å². The van der Waals surface area contributed by atoms with Gasteiger partial charge >= 0.3 is 0 Å². The third-order valence-corrected chi connectivity index (χ3v) is 6.87. The van der Waals surface area contributed by atoms with Crippen LogP contribution in [0.25, 0.3) is 10.2 Å². The van der Waals surface area contributed by atoms with Crippen molar-refractivity contribution in [1.82, 2.24) is 20.2 Å². The van der Waals surface area contributed by atoms with Gasteiger partial charge in [-0.15, -0.1) is 11.3 Å². The number of fused-ring (bicyclic) bond motifs is 3. The highest BCUT2D eigenvalue weighted by atomic mass is 32.1. The van der Waals surface area contributed by atoms with E-state index < -0.39 is 0 Å². The molecule has 3 aromatic heterocycles. The molecule has 136 valence electrons. The van der Waals surface area contributed by atoms with Crippen molar-refractivity contribution in [2.45, 2.75) is 45.1 Å². The number of hydrogen-bond acceptors (Lipinski definition) is 6. The Balaban J connectivity index is 1.46. The highest BCUT2D eigenvalue weighted by Gasteiger charge is 2.34. The van der Waals surface area contributed by atoms with E-state index in [1.807, 2.05) is 18.3 Å². The molecule has 0 aromatic carbocycles. The third kappa shape index (κ3) is 2.70. The van der Waals surface area contributed by atoms with Crippen molar-refractivity contribution in [3.05, 3.63) is 34.2 Å². The SMILES string of the molecule is Cc1cc(C[C@@H]2CN(c3ncnc4sc5c(c34)CCCC5)C[C@@H]2O)n[nH]1. The van der Waals surface area contributed by atoms with Gasteiger partial charge in [-0.1, -0.05) is 0 Å². The predicted octanol–water partition coefficient (Wildman–Crippen LogP) is 2.64. The highest BCUT2D eigenvalue weighted by molar-refractivity contribution is 7.19. The van der Waals surface area contributed by atoms with E-state index in [1.54, 1.807) is 6.33 Å². The van der Waals surface area contributed by atoms with Gasteiger partial charge in [0.2, 0.25) is 0 Å². The molecule has 0 radical (unpaired) electrons. The van der Waals surface area contributed by atoms with Crippen LogP contribution in [0.1, 0.15) is 34.7 Å². The van der Waals surface area contributed by atoms with E-state index in [-0.39, 0.29) is 12.0 Å². The molecule has 4 heterocycles. The van der Waals surface area contributed by atoms with Crippen molar-refractivity contribution < 1.29 is 5.11 Å². The highest BCUT2D eigenvalue weighted by Crippen LogP contribution is 2.40. The molecule has 0 amide bonds. The summed E-state index contributed by atoms with van der Waals surface area (Å²) in [7, 11) is 0. The fourth-order valence-electron chi connectivity index (χ4n) is 4.39. The first kappa shape index (κ1) is 16.2. The number of hydrogen-bond donors (Lipinski definition) is 2. The molecule has 0 saturated carbocycles.